The molecule has 216 valence electrons. The smallest absolute Gasteiger partial charge is 0.305 e. The summed E-state index contributed by atoms with van der Waals surface area (Å²) in [5.74, 6) is -0.442. The molecular formula is C29H46O9. The van der Waals surface area contributed by atoms with Crippen LogP contribution in [0.5, 0.6) is 0 Å². The molecule has 0 aromatic heterocycles. The summed E-state index contributed by atoms with van der Waals surface area (Å²) in [6.45, 7) is 7.83. The van der Waals surface area contributed by atoms with E-state index in [9.17, 15) is 19.5 Å². The van der Waals surface area contributed by atoms with Gasteiger partial charge in [0.2, 0.25) is 0 Å². The van der Waals surface area contributed by atoms with E-state index in [0.717, 1.165) is 18.3 Å². The number of hydrogen-bond acceptors (Lipinski definition) is 9. The van der Waals surface area contributed by atoms with Crippen molar-refractivity contribution < 1.29 is 43.2 Å². The van der Waals surface area contributed by atoms with Crippen molar-refractivity contribution in [3.05, 3.63) is 23.8 Å². The van der Waals surface area contributed by atoms with Crippen molar-refractivity contribution in [1.29, 1.82) is 0 Å². The molecule has 0 aromatic carbocycles. The Bertz CT molecular complexity index is 823. The first kappa shape index (κ1) is 32.3. The minimum Gasteiger partial charge on any atom is -0.465 e. The second kappa shape index (κ2) is 16.3. The molecule has 0 saturated carbocycles. The predicted octanol–water partition coefficient (Wildman–Crippen LogP) is 3.42. The average Bonchev–Trinajstić information content (AvgIpc) is 2.88. The van der Waals surface area contributed by atoms with Gasteiger partial charge in [0.25, 0.3) is 0 Å². The number of ketones is 1. The van der Waals surface area contributed by atoms with Crippen LogP contribution in [-0.4, -0.2) is 81.3 Å². The highest BCUT2D eigenvalue weighted by Crippen LogP contribution is 2.28. The average molecular weight is 539 g/mol. The van der Waals surface area contributed by atoms with Gasteiger partial charge in [-0.1, -0.05) is 31.6 Å². The minimum atomic E-state index is -0.864. The van der Waals surface area contributed by atoms with E-state index in [0.29, 0.717) is 19.3 Å². The molecule has 0 aliphatic carbocycles. The Kier molecular flexibility index (Phi) is 13.8. The van der Waals surface area contributed by atoms with Crippen LogP contribution in [0.15, 0.2) is 23.8 Å². The molecule has 2 aliphatic heterocycles. The number of ether oxygens (including phenoxy) is 5. The molecule has 2 heterocycles. The lowest BCUT2D eigenvalue weighted by atomic mass is 9.83. The van der Waals surface area contributed by atoms with Crippen LogP contribution in [0.2, 0.25) is 0 Å². The number of aliphatic hydroxyl groups excluding tert-OH is 1. The summed E-state index contributed by atoms with van der Waals surface area (Å²) in [6, 6.07) is 0. The number of rotatable bonds is 7. The molecule has 2 rings (SSSR count). The molecule has 1 saturated heterocycles. The third kappa shape index (κ3) is 10.0. The Labute approximate surface area is 226 Å². The number of aldehydes is 1. The zero-order valence-electron chi connectivity index (χ0n) is 23.7. The van der Waals surface area contributed by atoms with E-state index in [4.69, 9.17) is 23.7 Å². The molecule has 0 aromatic rings. The second-order valence-corrected chi connectivity index (χ2v) is 10.8. The topological polar surface area (TPSA) is 118 Å². The Hall–Kier alpha value is -1.91. The maximum atomic E-state index is 12.8. The van der Waals surface area contributed by atoms with Crippen LogP contribution in [0.25, 0.3) is 0 Å². The van der Waals surface area contributed by atoms with Gasteiger partial charge in [0, 0.05) is 38.9 Å². The highest BCUT2D eigenvalue weighted by Gasteiger charge is 2.45. The molecule has 2 aliphatic rings. The first-order valence-electron chi connectivity index (χ1n) is 13.6. The Balaban J connectivity index is 2.18. The van der Waals surface area contributed by atoms with Crippen molar-refractivity contribution >= 4 is 18.0 Å². The summed E-state index contributed by atoms with van der Waals surface area (Å²) >= 11 is 0. The van der Waals surface area contributed by atoms with Gasteiger partial charge in [-0.15, -0.1) is 0 Å². The van der Waals surface area contributed by atoms with Crippen LogP contribution >= 0.6 is 0 Å². The molecule has 38 heavy (non-hydrogen) atoms. The molecule has 1 N–H and O–H groups in total. The van der Waals surface area contributed by atoms with Gasteiger partial charge in [-0.2, -0.15) is 0 Å². The van der Waals surface area contributed by atoms with Crippen molar-refractivity contribution in [3.8, 4) is 0 Å². The van der Waals surface area contributed by atoms with E-state index in [-0.39, 0.29) is 55.1 Å². The van der Waals surface area contributed by atoms with Crippen LogP contribution in [0.4, 0.5) is 0 Å². The van der Waals surface area contributed by atoms with Gasteiger partial charge in [0.05, 0.1) is 19.3 Å². The quantitative estimate of drug-likeness (QED) is 0.384. The maximum Gasteiger partial charge on any atom is 0.305 e. The summed E-state index contributed by atoms with van der Waals surface area (Å²) in [6.07, 6.45) is 5.46. The fourth-order valence-corrected chi connectivity index (χ4v) is 5.17. The van der Waals surface area contributed by atoms with Crippen LogP contribution in [0.3, 0.4) is 0 Å². The third-order valence-electron chi connectivity index (χ3n) is 7.42. The monoisotopic (exact) mass is 538 g/mol. The third-order valence-corrected chi connectivity index (χ3v) is 7.42. The molecule has 4 unspecified atom stereocenters. The predicted molar refractivity (Wildman–Crippen MR) is 141 cm³/mol. The number of cyclic esters (lactones) is 1. The van der Waals surface area contributed by atoms with Crippen LogP contribution < -0.4 is 0 Å². The van der Waals surface area contributed by atoms with Gasteiger partial charge < -0.3 is 33.6 Å². The van der Waals surface area contributed by atoms with Crippen LogP contribution in [0, 0.1) is 23.7 Å². The highest BCUT2D eigenvalue weighted by atomic mass is 16.7. The number of carbonyl (C=O) groups excluding carboxylic acids is 3. The van der Waals surface area contributed by atoms with Gasteiger partial charge >= 0.3 is 5.97 Å². The minimum absolute atomic E-state index is 0.0179. The summed E-state index contributed by atoms with van der Waals surface area (Å²) in [4.78, 5) is 36.5. The number of esters is 1. The van der Waals surface area contributed by atoms with Crippen molar-refractivity contribution in [2.45, 2.75) is 90.5 Å². The number of allylic oxidation sites excluding steroid dienone is 3. The van der Waals surface area contributed by atoms with Crippen LogP contribution in [0.1, 0.15) is 59.8 Å². The summed E-state index contributed by atoms with van der Waals surface area (Å²) in [7, 11) is 3.00. The largest absolute Gasteiger partial charge is 0.465 e. The van der Waals surface area contributed by atoms with Gasteiger partial charge in [0.15, 0.2) is 12.1 Å². The normalized spacial score (nSPS) is 38.6. The zero-order valence-corrected chi connectivity index (χ0v) is 23.7. The summed E-state index contributed by atoms with van der Waals surface area (Å²) < 4.78 is 28.4. The van der Waals surface area contributed by atoms with Crippen LogP contribution in [-0.2, 0) is 38.1 Å². The van der Waals surface area contributed by atoms with E-state index in [1.54, 1.807) is 19.1 Å². The lowest BCUT2D eigenvalue weighted by molar-refractivity contribution is -0.303. The number of aliphatic hydroxyl groups is 1. The van der Waals surface area contributed by atoms with E-state index >= 15 is 0 Å². The molecule has 0 amide bonds. The van der Waals surface area contributed by atoms with E-state index in [1.807, 2.05) is 19.9 Å². The van der Waals surface area contributed by atoms with Crippen molar-refractivity contribution in [1.82, 2.24) is 0 Å². The molecular weight excluding hydrogens is 492 g/mol. The van der Waals surface area contributed by atoms with Gasteiger partial charge in [0.1, 0.15) is 24.6 Å². The Morgan fingerprint density at radius 2 is 1.79 bits per heavy atom. The molecule has 9 heteroatoms. The second-order valence-electron chi connectivity index (χ2n) is 10.8. The van der Waals surface area contributed by atoms with Crippen molar-refractivity contribution in [2.24, 2.45) is 23.7 Å². The van der Waals surface area contributed by atoms with E-state index in [1.165, 1.54) is 14.2 Å². The standard InChI is InChI=1S/C29H46O9/c1-18-7-9-24(31)20(3)15-22(11-12-30)13-19(2)8-10-25(32)36-16-23(14-18)17-37-29-28(35-6)27(34-5)26(33)21(4)38-29/h7,9,12,14,19-23,26-29,33H,8,10-11,13,15-17H2,1-6H3/b9-7+,18-14+/t19-,20+,21+,22+,23-,26?,27?,28?,29?/m0/s1. The maximum absolute atomic E-state index is 12.8. The molecule has 1 fully saturated rings. The molecule has 0 radical (unpaired) electrons. The number of carbonyl (C=O) groups is 3. The molecule has 0 spiro atoms. The zero-order chi connectivity index (χ0) is 28.2. The number of hydrogen-bond donors (Lipinski definition) is 1. The van der Waals surface area contributed by atoms with E-state index in [2.05, 4.69) is 6.92 Å². The molecule has 0 bridgehead atoms. The van der Waals surface area contributed by atoms with Gasteiger partial charge in [-0.25, -0.2) is 0 Å². The molecule has 9 nitrogen and oxygen atoms in total. The Morgan fingerprint density at radius 1 is 1.08 bits per heavy atom. The van der Waals surface area contributed by atoms with Crippen molar-refractivity contribution in [2.75, 3.05) is 27.4 Å². The van der Waals surface area contributed by atoms with Gasteiger partial charge in [-0.3, -0.25) is 9.59 Å². The molecule has 9 atom stereocenters. The van der Waals surface area contributed by atoms with E-state index < -0.39 is 30.7 Å². The SMILES string of the molecule is COC1C(OC[C@H]2/C=C(C)/C=C/C(=O)[C@H](C)C[C@H](CC=O)C[C@@H](C)CCC(=O)OC2)O[C@H](C)C(O)C1OC. The number of methoxy groups -OCH3 is 2. The highest BCUT2D eigenvalue weighted by molar-refractivity contribution is 5.91. The lowest BCUT2D eigenvalue weighted by Gasteiger charge is -2.42. The summed E-state index contributed by atoms with van der Waals surface area (Å²) in [5, 5.41) is 10.4. The lowest BCUT2D eigenvalue weighted by Crippen LogP contribution is -2.58. The van der Waals surface area contributed by atoms with Crippen molar-refractivity contribution in [3.63, 3.8) is 0 Å². The van der Waals surface area contributed by atoms with Gasteiger partial charge in [-0.05, 0) is 51.0 Å². The first-order chi connectivity index (χ1) is 18.1. The fraction of sp³-hybridized carbons (Fsp3) is 0.759. The summed E-state index contributed by atoms with van der Waals surface area (Å²) in [5.41, 5.74) is 0.826. The fourth-order valence-electron chi connectivity index (χ4n) is 5.17. The Morgan fingerprint density at radius 3 is 2.45 bits per heavy atom. The first-order valence-corrected chi connectivity index (χ1v) is 13.6.